The molecular weight excluding hydrogens is 208 g/mol. The number of primary amides is 1. The van der Waals surface area contributed by atoms with E-state index in [-0.39, 0.29) is 5.56 Å². The number of carboxylic acids is 1. The van der Waals surface area contributed by atoms with E-state index in [4.69, 9.17) is 10.8 Å². The molecule has 15 heavy (non-hydrogen) atoms. The van der Waals surface area contributed by atoms with Crippen LogP contribution < -0.4 is 5.73 Å². The number of carbonyl (C=O) groups is 2. The first-order valence-corrected chi connectivity index (χ1v) is 3.87. The topological polar surface area (TPSA) is 80.4 Å². The van der Waals surface area contributed by atoms with E-state index in [2.05, 4.69) is 0 Å². The van der Waals surface area contributed by atoms with Gasteiger partial charge in [0.15, 0.2) is 0 Å². The first-order chi connectivity index (χ1) is 6.85. The maximum absolute atomic E-state index is 12.9. The average Bonchev–Trinajstić information content (AvgIpc) is 2.17. The van der Waals surface area contributed by atoms with Crippen molar-refractivity contribution in [2.45, 2.75) is 5.92 Å². The molecule has 0 fully saturated rings. The number of amides is 1. The normalized spacial score (nSPS) is 11.1. The van der Waals surface area contributed by atoms with Gasteiger partial charge in [-0.25, -0.2) is 4.79 Å². The van der Waals surface area contributed by atoms with Crippen LogP contribution >= 0.6 is 0 Å². The molecule has 0 bridgehead atoms. The third-order valence-electron chi connectivity index (χ3n) is 1.80. The maximum Gasteiger partial charge on any atom is 0.379 e. The largest absolute Gasteiger partial charge is 0.477 e. The molecule has 0 spiro atoms. The lowest BCUT2D eigenvalue weighted by molar-refractivity contribution is -0.166. The van der Waals surface area contributed by atoms with Gasteiger partial charge in [0, 0.05) is 11.1 Å². The van der Waals surface area contributed by atoms with Crippen LogP contribution in [0.2, 0.25) is 0 Å². The molecule has 4 nitrogen and oxygen atoms in total. The summed E-state index contributed by atoms with van der Waals surface area (Å²) in [5.74, 6) is -6.97. The van der Waals surface area contributed by atoms with Crippen molar-refractivity contribution in [3.63, 3.8) is 0 Å². The lowest BCUT2D eigenvalue weighted by atomic mass is 10.1. The Kier molecular flexibility index (Phi) is 2.69. The molecule has 0 radical (unpaired) electrons. The molecule has 0 aliphatic carbocycles. The van der Waals surface area contributed by atoms with Gasteiger partial charge in [-0.05, 0) is 12.1 Å². The minimum Gasteiger partial charge on any atom is -0.477 e. The van der Waals surface area contributed by atoms with Crippen LogP contribution in [0.3, 0.4) is 0 Å². The average molecular weight is 215 g/mol. The molecule has 1 aromatic carbocycles. The van der Waals surface area contributed by atoms with Gasteiger partial charge in [0.1, 0.15) is 0 Å². The predicted molar refractivity (Wildman–Crippen MR) is 46.5 cm³/mol. The van der Waals surface area contributed by atoms with Crippen LogP contribution in [0.15, 0.2) is 24.3 Å². The standard InChI is InChI=1S/C9H7F2NO3/c10-9(11,8(14)15)6-3-1-5(2-4-6)7(12)13/h1-4H,(H2,12,13)(H,14,15). The molecule has 1 aromatic rings. The number of carboxylic acid groups (broad SMARTS) is 1. The van der Waals surface area contributed by atoms with Crippen LogP contribution in [0.5, 0.6) is 0 Å². The monoisotopic (exact) mass is 215 g/mol. The van der Waals surface area contributed by atoms with Gasteiger partial charge in [-0.1, -0.05) is 12.1 Å². The number of alkyl halides is 2. The van der Waals surface area contributed by atoms with Gasteiger partial charge in [-0.15, -0.1) is 0 Å². The van der Waals surface area contributed by atoms with Gasteiger partial charge in [0.05, 0.1) is 0 Å². The summed E-state index contributed by atoms with van der Waals surface area (Å²) >= 11 is 0. The fourth-order valence-electron chi connectivity index (χ4n) is 0.967. The van der Waals surface area contributed by atoms with Crippen LogP contribution in [-0.2, 0) is 10.7 Å². The number of halogens is 2. The van der Waals surface area contributed by atoms with Crippen molar-refractivity contribution < 1.29 is 23.5 Å². The number of hydrogen-bond donors (Lipinski definition) is 2. The van der Waals surface area contributed by atoms with Crippen molar-refractivity contribution in [2.24, 2.45) is 5.73 Å². The van der Waals surface area contributed by atoms with E-state index >= 15 is 0 Å². The van der Waals surface area contributed by atoms with E-state index in [0.717, 1.165) is 24.3 Å². The Morgan fingerprint density at radius 1 is 1.20 bits per heavy atom. The maximum atomic E-state index is 12.9. The lowest BCUT2D eigenvalue weighted by Gasteiger charge is -2.11. The van der Waals surface area contributed by atoms with Crippen molar-refractivity contribution in [3.8, 4) is 0 Å². The Morgan fingerprint density at radius 3 is 2.00 bits per heavy atom. The Bertz CT molecular complexity index is 400. The second kappa shape index (κ2) is 3.64. The third-order valence-corrected chi connectivity index (χ3v) is 1.80. The molecule has 3 N–H and O–H groups in total. The van der Waals surface area contributed by atoms with E-state index in [1.807, 2.05) is 0 Å². The van der Waals surface area contributed by atoms with Gasteiger partial charge in [-0.2, -0.15) is 8.78 Å². The summed E-state index contributed by atoms with van der Waals surface area (Å²) < 4.78 is 25.8. The highest BCUT2D eigenvalue weighted by atomic mass is 19.3. The first-order valence-electron chi connectivity index (χ1n) is 3.87. The third kappa shape index (κ3) is 2.09. The fourth-order valence-corrected chi connectivity index (χ4v) is 0.967. The fraction of sp³-hybridized carbons (Fsp3) is 0.111. The van der Waals surface area contributed by atoms with Crippen LogP contribution in [-0.4, -0.2) is 17.0 Å². The van der Waals surface area contributed by atoms with E-state index in [0.29, 0.717) is 0 Å². The molecule has 0 aliphatic heterocycles. The predicted octanol–water partition coefficient (Wildman–Crippen LogP) is 0.962. The van der Waals surface area contributed by atoms with Gasteiger partial charge >= 0.3 is 11.9 Å². The van der Waals surface area contributed by atoms with Crippen molar-refractivity contribution in [2.75, 3.05) is 0 Å². The van der Waals surface area contributed by atoms with Crippen LogP contribution in [0, 0.1) is 0 Å². The van der Waals surface area contributed by atoms with Crippen molar-refractivity contribution in [1.29, 1.82) is 0 Å². The number of aliphatic carboxylic acids is 1. The highest BCUT2D eigenvalue weighted by Gasteiger charge is 2.40. The van der Waals surface area contributed by atoms with Gasteiger partial charge < -0.3 is 10.8 Å². The summed E-state index contributed by atoms with van der Waals surface area (Å²) in [6, 6.07) is 3.81. The zero-order valence-electron chi connectivity index (χ0n) is 7.41. The molecule has 0 aliphatic rings. The highest BCUT2D eigenvalue weighted by Crippen LogP contribution is 2.28. The summed E-state index contributed by atoms with van der Waals surface area (Å²) in [4.78, 5) is 20.8. The van der Waals surface area contributed by atoms with Crippen molar-refractivity contribution in [1.82, 2.24) is 0 Å². The zero-order valence-corrected chi connectivity index (χ0v) is 7.41. The second-order valence-electron chi connectivity index (χ2n) is 2.82. The number of nitrogens with two attached hydrogens (primary N) is 1. The van der Waals surface area contributed by atoms with Gasteiger partial charge in [0.25, 0.3) is 0 Å². The number of benzene rings is 1. The molecule has 0 aromatic heterocycles. The van der Waals surface area contributed by atoms with Gasteiger partial charge in [-0.3, -0.25) is 4.79 Å². The molecule has 0 unspecified atom stereocenters. The molecular formula is C9H7F2NO3. The minimum atomic E-state index is -3.96. The van der Waals surface area contributed by atoms with Gasteiger partial charge in [0.2, 0.25) is 5.91 Å². The molecule has 1 rings (SSSR count). The van der Waals surface area contributed by atoms with Crippen LogP contribution in [0.1, 0.15) is 15.9 Å². The van der Waals surface area contributed by atoms with E-state index in [9.17, 15) is 18.4 Å². The summed E-state index contributed by atoms with van der Waals surface area (Å²) in [5, 5.41) is 8.23. The second-order valence-corrected chi connectivity index (χ2v) is 2.82. The summed E-state index contributed by atoms with van der Waals surface area (Å²) in [7, 11) is 0. The Balaban J connectivity index is 3.09. The van der Waals surface area contributed by atoms with Crippen LogP contribution in [0.4, 0.5) is 8.78 Å². The molecule has 1 amide bonds. The Labute approximate surface area is 83.3 Å². The quantitative estimate of drug-likeness (QED) is 0.788. The molecule has 6 heteroatoms. The van der Waals surface area contributed by atoms with Crippen molar-refractivity contribution >= 4 is 11.9 Å². The summed E-state index contributed by atoms with van der Waals surface area (Å²) in [6.45, 7) is 0. The minimum absolute atomic E-state index is 0.0416. The lowest BCUT2D eigenvalue weighted by Crippen LogP contribution is -2.25. The number of hydrogen-bond acceptors (Lipinski definition) is 2. The molecule has 0 saturated heterocycles. The smallest absolute Gasteiger partial charge is 0.379 e. The molecule has 0 heterocycles. The first kappa shape index (κ1) is 11.1. The SMILES string of the molecule is NC(=O)c1ccc(C(F)(F)C(=O)O)cc1. The van der Waals surface area contributed by atoms with Crippen LogP contribution in [0.25, 0.3) is 0 Å². The highest BCUT2D eigenvalue weighted by molar-refractivity contribution is 5.92. The van der Waals surface area contributed by atoms with E-state index < -0.39 is 23.4 Å². The summed E-state index contributed by atoms with van der Waals surface area (Å²) in [6.07, 6.45) is 0. The molecule has 80 valence electrons. The number of rotatable bonds is 3. The Hall–Kier alpha value is -1.98. The number of carbonyl (C=O) groups excluding carboxylic acids is 1. The Morgan fingerprint density at radius 2 is 1.67 bits per heavy atom. The van der Waals surface area contributed by atoms with E-state index in [1.165, 1.54) is 0 Å². The molecule has 0 saturated carbocycles. The van der Waals surface area contributed by atoms with Crippen molar-refractivity contribution in [3.05, 3.63) is 35.4 Å². The zero-order chi connectivity index (χ0) is 11.6. The van der Waals surface area contributed by atoms with E-state index in [1.54, 1.807) is 0 Å². The summed E-state index contributed by atoms with van der Waals surface area (Å²) in [5.41, 5.74) is 4.24. The molecule has 0 atom stereocenters.